The molecule has 1 nitrogen and oxygen atoms in total. The van der Waals surface area contributed by atoms with Crippen LogP contribution >= 0.6 is 11.6 Å². The molecule has 0 aliphatic heterocycles. The zero-order valence-corrected chi connectivity index (χ0v) is 9.60. The van der Waals surface area contributed by atoms with Crippen molar-refractivity contribution in [3.63, 3.8) is 0 Å². The highest BCUT2D eigenvalue weighted by atomic mass is 35.5. The zero-order chi connectivity index (χ0) is 10.8. The van der Waals surface area contributed by atoms with E-state index in [0.29, 0.717) is 11.9 Å². The molecule has 1 aliphatic carbocycles. The van der Waals surface area contributed by atoms with Crippen molar-refractivity contribution in [3.8, 4) is 0 Å². The van der Waals surface area contributed by atoms with E-state index in [9.17, 15) is 4.39 Å². The molecular weight excluding hydrogens is 213 g/mol. The lowest BCUT2D eigenvalue weighted by atomic mass is 9.91. The molecule has 0 unspecified atom stereocenters. The Kier molecular flexibility index (Phi) is 3.15. The normalized spacial score (nSPS) is 16.2. The molecule has 0 aromatic heterocycles. The molecule has 0 radical (unpaired) electrons. The van der Waals surface area contributed by atoms with E-state index < -0.39 is 0 Å². The Labute approximate surface area is 94.8 Å². The largest absolute Gasteiger partial charge is 0.371 e. The van der Waals surface area contributed by atoms with Gasteiger partial charge in [-0.3, -0.25) is 0 Å². The van der Waals surface area contributed by atoms with Crippen LogP contribution in [0, 0.1) is 5.82 Å². The minimum Gasteiger partial charge on any atom is -0.371 e. The Hall–Kier alpha value is -0.760. The SMILES string of the molecule is CN(c1ccc(F)cc1CCl)C1CCC1. The maximum absolute atomic E-state index is 13.0. The highest BCUT2D eigenvalue weighted by Crippen LogP contribution is 2.31. The maximum Gasteiger partial charge on any atom is 0.123 e. The van der Waals surface area contributed by atoms with Crippen molar-refractivity contribution in [2.45, 2.75) is 31.2 Å². The van der Waals surface area contributed by atoms with E-state index in [1.807, 2.05) is 6.07 Å². The second kappa shape index (κ2) is 4.40. The second-order valence-electron chi connectivity index (χ2n) is 4.10. The molecule has 1 saturated carbocycles. The monoisotopic (exact) mass is 227 g/mol. The Balaban J connectivity index is 2.25. The first-order valence-corrected chi connectivity index (χ1v) is 5.83. The number of hydrogen-bond acceptors (Lipinski definition) is 1. The van der Waals surface area contributed by atoms with Gasteiger partial charge in [0.05, 0.1) is 0 Å². The van der Waals surface area contributed by atoms with Crippen LogP contribution in [-0.4, -0.2) is 13.1 Å². The van der Waals surface area contributed by atoms with Gasteiger partial charge in [-0.1, -0.05) is 0 Å². The van der Waals surface area contributed by atoms with Crippen molar-refractivity contribution in [1.82, 2.24) is 0 Å². The predicted molar refractivity (Wildman–Crippen MR) is 62.0 cm³/mol. The molecule has 1 aromatic rings. The minimum atomic E-state index is -0.212. The zero-order valence-electron chi connectivity index (χ0n) is 8.84. The quantitative estimate of drug-likeness (QED) is 0.714. The van der Waals surface area contributed by atoms with Crippen LogP contribution in [0.5, 0.6) is 0 Å². The van der Waals surface area contributed by atoms with Gasteiger partial charge >= 0.3 is 0 Å². The molecule has 1 fully saturated rings. The van der Waals surface area contributed by atoms with Crippen molar-refractivity contribution in [2.24, 2.45) is 0 Å². The lowest BCUT2D eigenvalue weighted by Gasteiger charge is -2.37. The Morgan fingerprint density at radius 2 is 2.20 bits per heavy atom. The summed E-state index contributed by atoms with van der Waals surface area (Å²) in [6.07, 6.45) is 3.76. The average molecular weight is 228 g/mol. The molecular formula is C12H15ClFN. The standard InChI is InChI=1S/C12H15ClFN/c1-15(11-3-2-4-11)12-6-5-10(14)7-9(12)8-13/h5-7,11H,2-4,8H2,1H3. The minimum absolute atomic E-state index is 0.212. The van der Waals surface area contributed by atoms with E-state index in [2.05, 4.69) is 11.9 Å². The molecule has 82 valence electrons. The van der Waals surface area contributed by atoms with Crippen LogP contribution in [0.2, 0.25) is 0 Å². The summed E-state index contributed by atoms with van der Waals surface area (Å²) < 4.78 is 13.0. The van der Waals surface area contributed by atoms with Gasteiger partial charge in [0.15, 0.2) is 0 Å². The van der Waals surface area contributed by atoms with Crippen LogP contribution in [0.3, 0.4) is 0 Å². The fourth-order valence-electron chi connectivity index (χ4n) is 1.98. The van der Waals surface area contributed by atoms with Crippen molar-refractivity contribution in [2.75, 3.05) is 11.9 Å². The molecule has 0 heterocycles. The number of alkyl halides is 1. The third-order valence-electron chi connectivity index (χ3n) is 3.19. The number of hydrogen-bond donors (Lipinski definition) is 0. The van der Waals surface area contributed by atoms with E-state index in [-0.39, 0.29) is 5.82 Å². The summed E-state index contributed by atoms with van der Waals surface area (Å²) in [6.45, 7) is 0. The van der Waals surface area contributed by atoms with Crippen molar-refractivity contribution < 1.29 is 4.39 Å². The summed E-state index contributed by atoms with van der Waals surface area (Å²) in [7, 11) is 2.06. The highest BCUT2D eigenvalue weighted by Gasteiger charge is 2.23. The predicted octanol–water partition coefficient (Wildman–Crippen LogP) is 3.55. The first-order valence-electron chi connectivity index (χ1n) is 5.29. The van der Waals surface area contributed by atoms with Gasteiger partial charge in [-0.05, 0) is 43.0 Å². The van der Waals surface area contributed by atoms with E-state index in [0.717, 1.165) is 11.3 Å². The van der Waals surface area contributed by atoms with Gasteiger partial charge in [-0.25, -0.2) is 4.39 Å². The van der Waals surface area contributed by atoms with Crippen LogP contribution in [0.4, 0.5) is 10.1 Å². The van der Waals surface area contributed by atoms with E-state index >= 15 is 0 Å². The molecule has 0 N–H and O–H groups in total. The molecule has 1 aromatic carbocycles. The van der Waals surface area contributed by atoms with Crippen LogP contribution in [0.15, 0.2) is 18.2 Å². The maximum atomic E-state index is 13.0. The molecule has 0 saturated heterocycles. The fourth-order valence-corrected chi connectivity index (χ4v) is 2.19. The van der Waals surface area contributed by atoms with Crippen LogP contribution in [0.25, 0.3) is 0 Å². The van der Waals surface area contributed by atoms with Crippen LogP contribution in [-0.2, 0) is 5.88 Å². The average Bonchev–Trinajstić information content (AvgIpc) is 2.14. The summed E-state index contributed by atoms with van der Waals surface area (Å²) in [5.74, 6) is 0.154. The summed E-state index contributed by atoms with van der Waals surface area (Å²) in [5.41, 5.74) is 1.95. The summed E-state index contributed by atoms with van der Waals surface area (Å²) in [5, 5.41) is 0. The molecule has 15 heavy (non-hydrogen) atoms. The third-order valence-corrected chi connectivity index (χ3v) is 3.48. The van der Waals surface area contributed by atoms with Crippen molar-refractivity contribution >= 4 is 17.3 Å². The van der Waals surface area contributed by atoms with Crippen molar-refractivity contribution in [1.29, 1.82) is 0 Å². The smallest absolute Gasteiger partial charge is 0.123 e. The molecule has 0 bridgehead atoms. The second-order valence-corrected chi connectivity index (χ2v) is 4.37. The number of rotatable bonds is 3. The summed E-state index contributed by atoms with van der Waals surface area (Å²) in [4.78, 5) is 2.22. The molecule has 1 aliphatic rings. The van der Waals surface area contributed by atoms with Gasteiger partial charge in [0.1, 0.15) is 5.82 Å². The van der Waals surface area contributed by atoms with Gasteiger partial charge in [0, 0.05) is 24.7 Å². The lowest BCUT2D eigenvalue weighted by molar-refractivity contribution is 0.400. The lowest BCUT2D eigenvalue weighted by Crippen LogP contribution is -2.37. The third kappa shape index (κ3) is 2.10. The van der Waals surface area contributed by atoms with Crippen molar-refractivity contribution in [3.05, 3.63) is 29.6 Å². The topological polar surface area (TPSA) is 3.24 Å². The first-order chi connectivity index (χ1) is 7.22. The highest BCUT2D eigenvalue weighted by molar-refractivity contribution is 6.17. The van der Waals surface area contributed by atoms with Crippen LogP contribution < -0.4 is 4.90 Å². The number of nitrogens with zero attached hydrogens (tertiary/aromatic N) is 1. The number of anilines is 1. The van der Waals surface area contributed by atoms with Gasteiger partial charge in [-0.2, -0.15) is 0 Å². The Morgan fingerprint density at radius 1 is 1.47 bits per heavy atom. The Morgan fingerprint density at radius 3 is 2.73 bits per heavy atom. The number of halogens is 2. The number of benzene rings is 1. The summed E-state index contributed by atoms with van der Waals surface area (Å²) in [6, 6.07) is 5.46. The Bertz CT molecular complexity index is 349. The van der Waals surface area contributed by atoms with Gasteiger partial charge in [-0.15, -0.1) is 11.6 Å². The molecule has 2 rings (SSSR count). The van der Waals surface area contributed by atoms with E-state index in [4.69, 9.17) is 11.6 Å². The van der Waals surface area contributed by atoms with Gasteiger partial charge in [0.2, 0.25) is 0 Å². The van der Waals surface area contributed by atoms with E-state index in [1.165, 1.54) is 31.4 Å². The molecule has 0 amide bonds. The fraction of sp³-hybridized carbons (Fsp3) is 0.500. The summed E-state index contributed by atoms with van der Waals surface area (Å²) >= 11 is 5.82. The van der Waals surface area contributed by atoms with Gasteiger partial charge in [0.25, 0.3) is 0 Å². The van der Waals surface area contributed by atoms with Crippen LogP contribution in [0.1, 0.15) is 24.8 Å². The molecule has 0 atom stereocenters. The van der Waals surface area contributed by atoms with E-state index in [1.54, 1.807) is 0 Å². The van der Waals surface area contributed by atoms with Gasteiger partial charge < -0.3 is 4.90 Å². The molecule has 0 spiro atoms. The first kappa shape index (κ1) is 10.7. The molecule has 3 heteroatoms.